The number of benzene rings is 1. The fourth-order valence-electron chi connectivity index (χ4n) is 1.49. The predicted molar refractivity (Wildman–Crippen MR) is 72.6 cm³/mol. The smallest absolute Gasteiger partial charge is 0.123 e. The van der Waals surface area contributed by atoms with E-state index in [2.05, 4.69) is 40.0 Å². The summed E-state index contributed by atoms with van der Waals surface area (Å²) < 4.78 is 1.10. The summed E-state index contributed by atoms with van der Waals surface area (Å²) in [5.41, 5.74) is 8.23. The summed E-state index contributed by atoms with van der Waals surface area (Å²) in [7, 11) is 0. The Hall–Kier alpha value is -0.710. The van der Waals surface area contributed by atoms with E-state index < -0.39 is 0 Å². The van der Waals surface area contributed by atoms with Crippen LogP contribution in [0, 0.1) is 6.92 Å². The van der Waals surface area contributed by atoms with E-state index in [1.54, 1.807) is 11.3 Å². The maximum atomic E-state index is 5.83. The van der Waals surface area contributed by atoms with E-state index in [9.17, 15) is 0 Å². The van der Waals surface area contributed by atoms with Crippen LogP contribution in [0.5, 0.6) is 0 Å². The number of thiazole rings is 1. The summed E-state index contributed by atoms with van der Waals surface area (Å²) in [6.07, 6.45) is 1.87. The van der Waals surface area contributed by atoms with Crippen molar-refractivity contribution in [3.63, 3.8) is 0 Å². The highest BCUT2D eigenvalue weighted by Crippen LogP contribution is 2.31. The molecule has 1 aromatic carbocycles. The van der Waals surface area contributed by atoms with Gasteiger partial charge in [0.05, 0.1) is 0 Å². The van der Waals surface area contributed by atoms with Crippen molar-refractivity contribution >= 4 is 27.3 Å². The summed E-state index contributed by atoms with van der Waals surface area (Å²) in [6, 6.07) is 6.28. The quantitative estimate of drug-likeness (QED) is 0.913. The average molecular weight is 297 g/mol. The lowest BCUT2D eigenvalue weighted by molar-refractivity contribution is 0.835. The molecule has 1 unspecified atom stereocenters. The van der Waals surface area contributed by atoms with Crippen LogP contribution in [-0.2, 0) is 0 Å². The molecule has 0 saturated carbocycles. The SMILES string of the molecule is Cc1cc(Br)ccc1-c1ncc(C(C)N)s1. The molecule has 4 heteroatoms. The standard InChI is InChI=1S/C12H13BrN2S/c1-7-5-9(13)3-4-10(7)12-15-6-11(16-12)8(2)14/h3-6,8H,14H2,1-2H3. The van der Waals surface area contributed by atoms with Crippen molar-refractivity contribution in [2.45, 2.75) is 19.9 Å². The van der Waals surface area contributed by atoms with Crippen LogP contribution in [-0.4, -0.2) is 4.98 Å². The van der Waals surface area contributed by atoms with Crippen LogP contribution in [0.3, 0.4) is 0 Å². The lowest BCUT2D eigenvalue weighted by atomic mass is 10.1. The number of hydrogen-bond acceptors (Lipinski definition) is 3. The third-order valence-electron chi connectivity index (χ3n) is 2.39. The molecule has 0 amide bonds. The first-order valence-corrected chi connectivity index (χ1v) is 6.66. The molecular weight excluding hydrogens is 284 g/mol. The van der Waals surface area contributed by atoms with E-state index in [1.807, 2.05) is 19.2 Å². The predicted octanol–water partition coefficient (Wildman–Crippen LogP) is 3.90. The van der Waals surface area contributed by atoms with Crippen LogP contribution in [0.1, 0.15) is 23.4 Å². The Labute approximate surface area is 108 Å². The van der Waals surface area contributed by atoms with Crippen LogP contribution in [0.2, 0.25) is 0 Å². The van der Waals surface area contributed by atoms with E-state index in [0.717, 1.165) is 14.4 Å². The molecule has 1 heterocycles. The van der Waals surface area contributed by atoms with Crippen molar-refractivity contribution in [1.82, 2.24) is 4.98 Å². The van der Waals surface area contributed by atoms with E-state index in [-0.39, 0.29) is 6.04 Å². The summed E-state index contributed by atoms with van der Waals surface area (Å²) >= 11 is 5.12. The van der Waals surface area contributed by atoms with Gasteiger partial charge in [0, 0.05) is 27.2 Å². The van der Waals surface area contributed by atoms with Gasteiger partial charge in [-0.2, -0.15) is 0 Å². The summed E-state index contributed by atoms with van der Waals surface area (Å²) in [6.45, 7) is 4.07. The van der Waals surface area contributed by atoms with Gasteiger partial charge in [-0.05, 0) is 31.5 Å². The number of aromatic nitrogens is 1. The first-order chi connectivity index (χ1) is 7.58. The van der Waals surface area contributed by atoms with Gasteiger partial charge in [0.2, 0.25) is 0 Å². The molecule has 1 aromatic heterocycles. The van der Waals surface area contributed by atoms with Gasteiger partial charge in [0.15, 0.2) is 0 Å². The number of nitrogens with two attached hydrogens (primary N) is 1. The minimum atomic E-state index is 0.0574. The van der Waals surface area contributed by atoms with Crippen LogP contribution in [0.15, 0.2) is 28.9 Å². The highest BCUT2D eigenvalue weighted by atomic mass is 79.9. The van der Waals surface area contributed by atoms with Crippen LogP contribution >= 0.6 is 27.3 Å². The van der Waals surface area contributed by atoms with E-state index in [0.29, 0.717) is 0 Å². The molecular formula is C12H13BrN2S. The van der Waals surface area contributed by atoms with Crippen molar-refractivity contribution in [2.24, 2.45) is 5.73 Å². The van der Waals surface area contributed by atoms with Crippen molar-refractivity contribution < 1.29 is 0 Å². The second-order valence-electron chi connectivity index (χ2n) is 3.82. The molecule has 1 atom stereocenters. The molecule has 0 fully saturated rings. The minimum Gasteiger partial charge on any atom is -0.323 e. The summed E-state index contributed by atoms with van der Waals surface area (Å²) in [5, 5.41) is 1.04. The van der Waals surface area contributed by atoms with E-state index in [1.165, 1.54) is 11.1 Å². The molecule has 84 valence electrons. The second-order valence-corrected chi connectivity index (χ2v) is 5.79. The topological polar surface area (TPSA) is 38.9 Å². The van der Waals surface area contributed by atoms with Crippen molar-refractivity contribution in [3.8, 4) is 10.6 Å². The Kier molecular flexibility index (Phi) is 3.42. The molecule has 0 aliphatic heterocycles. The number of hydrogen-bond donors (Lipinski definition) is 1. The zero-order chi connectivity index (χ0) is 11.7. The third kappa shape index (κ3) is 2.34. The molecule has 2 rings (SSSR count). The van der Waals surface area contributed by atoms with Crippen LogP contribution in [0.25, 0.3) is 10.6 Å². The van der Waals surface area contributed by atoms with Gasteiger partial charge >= 0.3 is 0 Å². The fraction of sp³-hybridized carbons (Fsp3) is 0.250. The van der Waals surface area contributed by atoms with Gasteiger partial charge in [-0.25, -0.2) is 4.98 Å². The van der Waals surface area contributed by atoms with Crippen LogP contribution in [0.4, 0.5) is 0 Å². The average Bonchev–Trinajstić information content (AvgIpc) is 2.66. The number of halogens is 1. The molecule has 0 bridgehead atoms. The molecule has 0 aliphatic carbocycles. The Balaban J connectivity index is 2.42. The fourth-order valence-corrected chi connectivity index (χ4v) is 2.92. The highest BCUT2D eigenvalue weighted by Gasteiger charge is 2.09. The lowest BCUT2D eigenvalue weighted by Gasteiger charge is -2.02. The first kappa shape index (κ1) is 11.8. The van der Waals surface area contributed by atoms with Crippen molar-refractivity contribution in [1.29, 1.82) is 0 Å². The second kappa shape index (κ2) is 4.65. The minimum absolute atomic E-state index is 0.0574. The molecule has 2 N–H and O–H groups in total. The zero-order valence-corrected chi connectivity index (χ0v) is 11.6. The van der Waals surface area contributed by atoms with Gasteiger partial charge in [0.25, 0.3) is 0 Å². The Morgan fingerprint density at radius 3 is 2.75 bits per heavy atom. The van der Waals surface area contributed by atoms with Crippen LogP contribution < -0.4 is 5.73 Å². The molecule has 0 saturated heterocycles. The number of rotatable bonds is 2. The Morgan fingerprint density at radius 1 is 1.44 bits per heavy atom. The molecule has 16 heavy (non-hydrogen) atoms. The van der Waals surface area contributed by atoms with Crippen molar-refractivity contribution in [2.75, 3.05) is 0 Å². The Morgan fingerprint density at radius 2 is 2.19 bits per heavy atom. The lowest BCUT2D eigenvalue weighted by Crippen LogP contribution is -2.01. The normalized spacial score (nSPS) is 12.8. The van der Waals surface area contributed by atoms with Gasteiger partial charge in [0.1, 0.15) is 5.01 Å². The first-order valence-electron chi connectivity index (χ1n) is 5.06. The zero-order valence-electron chi connectivity index (χ0n) is 9.20. The Bertz CT molecular complexity index is 505. The van der Waals surface area contributed by atoms with Gasteiger partial charge in [-0.1, -0.05) is 22.0 Å². The van der Waals surface area contributed by atoms with Gasteiger partial charge in [-0.3, -0.25) is 0 Å². The number of aryl methyl sites for hydroxylation is 1. The molecule has 0 radical (unpaired) electrons. The monoisotopic (exact) mass is 296 g/mol. The molecule has 2 aromatic rings. The summed E-state index contributed by atoms with van der Waals surface area (Å²) in [5.74, 6) is 0. The van der Waals surface area contributed by atoms with Gasteiger partial charge in [-0.15, -0.1) is 11.3 Å². The molecule has 0 spiro atoms. The third-order valence-corrected chi connectivity index (χ3v) is 4.12. The molecule has 2 nitrogen and oxygen atoms in total. The summed E-state index contributed by atoms with van der Waals surface area (Å²) in [4.78, 5) is 5.54. The maximum Gasteiger partial charge on any atom is 0.123 e. The van der Waals surface area contributed by atoms with Gasteiger partial charge < -0.3 is 5.73 Å². The van der Waals surface area contributed by atoms with E-state index in [4.69, 9.17) is 5.73 Å². The van der Waals surface area contributed by atoms with E-state index >= 15 is 0 Å². The maximum absolute atomic E-state index is 5.83. The largest absolute Gasteiger partial charge is 0.323 e. The number of nitrogens with zero attached hydrogens (tertiary/aromatic N) is 1. The van der Waals surface area contributed by atoms with Crippen molar-refractivity contribution in [3.05, 3.63) is 39.3 Å². The molecule has 0 aliphatic rings. The highest BCUT2D eigenvalue weighted by molar-refractivity contribution is 9.10.